The molecule has 6 nitrogen and oxygen atoms in total. The highest BCUT2D eigenvalue weighted by molar-refractivity contribution is 6.46. The summed E-state index contributed by atoms with van der Waals surface area (Å²) in [7, 11) is 3.17. The molecule has 0 spiro atoms. The van der Waals surface area contributed by atoms with Crippen molar-refractivity contribution < 1.29 is 24.2 Å². The molecule has 1 aliphatic heterocycles. The number of carbonyl (C=O) groups is 2. The van der Waals surface area contributed by atoms with E-state index in [4.69, 9.17) is 9.47 Å². The Balaban J connectivity index is 2.14. The van der Waals surface area contributed by atoms with Crippen LogP contribution in [0, 0.1) is 6.92 Å². The van der Waals surface area contributed by atoms with Crippen LogP contribution in [-0.2, 0) is 19.7 Å². The minimum absolute atomic E-state index is 0.0288. The summed E-state index contributed by atoms with van der Waals surface area (Å²) < 4.78 is 10.4. The number of aliphatic hydroxyl groups excluding tert-OH is 1. The quantitative estimate of drug-likeness (QED) is 0.284. The molecule has 0 bridgehead atoms. The number of benzene rings is 2. The van der Waals surface area contributed by atoms with E-state index >= 15 is 0 Å². The number of rotatable bonds is 7. The topological polar surface area (TPSA) is 76.1 Å². The molecule has 0 saturated carbocycles. The van der Waals surface area contributed by atoms with Gasteiger partial charge in [-0.2, -0.15) is 0 Å². The molecule has 176 valence electrons. The van der Waals surface area contributed by atoms with Gasteiger partial charge in [0, 0.05) is 25.8 Å². The first-order chi connectivity index (χ1) is 15.6. The maximum absolute atomic E-state index is 13.1. The summed E-state index contributed by atoms with van der Waals surface area (Å²) in [4.78, 5) is 27.7. The number of likely N-dealkylation sites (tertiary alicyclic amines) is 1. The molecule has 1 amide bonds. The van der Waals surface area contributed by atoms with Crippen LogP contribution < -0.4 is 4.74 Å². The van der Waals surface area contributed by atoms with E-state index in [0.717, 1.165) is 16.7 Å². The number of aryl methyl sites for hydroxylation is 1. The van der Waals surface area contributed by atoms with Gasteiger partial charge >= 0.3 is 0 Å². The number of hydrogen-bond donors (Lipinski definition) is 1. The third-order valence-electron chi connectivity index (χ3n) is 6.07. The lowest BCUT2D eigenvalue weighted by atomic mass is 9.85. The lowest BCUT2D eigenvalue weighted by Gasteiger charge is -2.26. The first-order valence-corrected chi connectivity index (χ1v) is 11.1. The molecule has 1 heterocycles. The largest absolute Gasteiger partial charge is 0.507 e. The molecule has 0 aromatic heterocycles. The zero-order valence-electron chi connectivity index (χ0n) is 20.3. The molecular weight excluding hydrogens is 418 g/mol. The van der Waals surface area contributed by atoms with Gasteiger partial charge in [-0.3, -0.25) is 9.59 Å². The van der Waals surface area contributed by atoms with Gasteiger partial charge in [0.15, 0.2) is 0 Å². The van der Waals surface area contributed by atoms with Crippen molar-refractivity contribution in [2.75, 3.05) is 27.4 Å². The summed E-state index contributed by atoms with van der Waals surface area (Å²) in [5.74, 6) is -0.806. The molecule has 6 heteroatoms. The van der Waals surface area contributed by atoms with Gasteiger partial charge < -0.3 is 19.5 Å². The van der Waals surface area contributed by atoms with Gasteiger partial charge in [0.2, 0.25) is 0 Å². The van der Waals surface area contributed by atoms with Gasteiger partial charge in [-0.15, -0.1) is 0 Å². The second-order valence-electron chi connectivity index (χ2n) is 9.39. The van der Waals surface area contributed by atoms with E-state index in [1.165, 1.54) is 4.90 Å². The standard InChI is InChI=1S/C27H33NO5/c1-17-16-20(33-6)12-13-21(17)24(29)22-23(18-8-10-19(11-9-18)27(2,3)4)28(14-7-15-32-5)26(31)25(22)30/h8-13,16,23,29H,7,14-15H2,1-6H3/b24-22+/t23-/m1/s1. The lowest BCUT2D eigenvalue weighted by molar-refractivity contribution is -0.140. The minimum atomic E-state index is -0.676. The maximum atomic E-state index is 13.1. The Morgan fingerprint density at radius 1 is 1.06 bits per heavy atom. The van der Waals surface area contributed by atoms with Crippen LogP contribution in [0.1, 0.15) is 55.5 Å². The molecule has 1 saturated heterocycles. The number of amides is 1. The molecule has 3 rings (SSSR count). The fourth-order valence-electron chi connectivity index (χ4n) is 4.18. The lowest BCUT2D eigenvalue weighted by Crippen LogP contribution is -2.31. The zero-order valence-corrected chi connectivity index (χ0v) is 20.3. The second kappa shape index (κ2) is 9.79. The zero-order chi connectivity index (χ0) is 24.3. The van der Waals surface area contributed by atoms with E-state index < -0.39 is 17.7 Å². The predicted octanol–water partition coefficient (Wildman–Crippen LogP) is 4.76. The van der Waals surface area contributed by atoms with Crippen LogP contribution >= 0.6 is 0 Å². The van der Waals surface area contributed by atoms with Gasteiger partial charge in [0.25, 0.3) is 11.7 Å². The first-order valence-electron chi connectivity index (χ1n) is 11.1. The van der Waals surface area contributed by atoms with Gasteiger partial charge in [0.05, 0.1) is 18.7 Å². The molecule has 33 heavy (non-hydrogen) atoms. The number of nitrogens with zero attached hydrogens (tertiary/aromatic N) is 1. The number of ether oxygens (including phenoxy) is 2. The average molecular weight is 452 g/mol. The number of ketones is 1. The van der Waals surface area contributed by atoms with E-state index in [2.05, 4.69) is 20.8 Å². The summed E-state index contributed by atoms with van der Waals surface area (Å²) in [6, 6.07) is 12.5. The Morgan fingerprint density at radius 3 is 2.27 bits per heavy atom. The Bertz CT molecular complexity index is 1060. The smallest absolute Gasteiger partial charge is 0.295 e. The molecule has 0 aliphatic carbocycles. The Morgan fingerprint density at radius 2 is 1.73 bits per heavy atom. The van der Waals surface area contributed by atoms with E-state index in [9.17, 15) is 14.7 Å². The summed E-state index contributed by atoms with van der Waals surface area (Å²) in [5, 5.41) is 11.3. The van der Waals surface area contributed by atoms with Gasteiger partial charge in [0.1, 0.15) is 11.5 Å². The van der Waals surface area contributed by atoms with E-state index in [1.54, 1.807) is 32.4 Å². The molecule has 1 aliphatic rings. The van der Waals surface area contributed by atoms with Crippen LogP contribution in [0.4, 0.5) is 0 Å². The van der Waals surface area contributed by atoms with Crippen molar-refractivity contribution in [1.29, 1.82) is 0 Å². The molecule has 0 unspecified atom stereocenters. The summed E-state index contributed by atoms with van der Waals surface area (Å²) >= 11 is 0. The predicted molar refractivity (Wildman–Crippen MR) is 128 cm³/mol. The minimum Gasteiger partial charge on any atom is -0.507 e. The van der Waals surface area contributed by atoms with Crippen LogP contribution in [0.15, 0.2) is 48.0 Å². The van der Waals surface area contributed by atoms with Crippen molar-refractivity contribution in [3.8, 4) is 5.75 Å². The van der Waals surface area contributed by atoms with E-state index in [-0.39, 0.29) is 16.7 Å². The SMILES string of the molecule is COCCCN1C(=O)C(=O)/C(=C(/O)c2ccc(OC)cc2C)[C@H]1c1ccc(C(C)(C)C)cc1. The van der Waals surface area contributed by atoms with Gasteiger partial charge in [-0.25, -0.2) is 0 Å². The number of carbonyl (C=O) groups excluding carboxylic acids is 2. The van der Waals surface area contributed by atoms with Crippen LogP contribution in [0.25, 0.3) is 5.76 Å². The average Bonchev–Trinajstić information content (AvgIpc) is 3.03. The van der Waals surface area contributed by atoms with Crippen LogP contribution in [0.2, 0.25) is 0 Å². The molecular formula is C27H33NO5. The molecule has 2 aromatic rings. The van der Waals surface area contributed by atoms with E-state index in [0.29, 0.717) is 30.9 Å². The van der Waals surface area contributed by atoms with Gasteiger partial charge in [-0.05, 0) is 53.6 Å². The number of methoxy groups -OCH3 is 2. The highest BCUT2D eigenvalue weighted by Gasteiger charge is 2.46. The third kappa shape index (κ3) is 4.96. The Hall–Kier alpha value is -3.12. The number of Topliss-reactive ketones (excluding diaryl/α,β-unsaturated/α-hetero) is 1. The number of hydrogen-bond acceptors (Lipinski definition) is 5. The summed E-state index contributed by atoms with van der Waals surface area (Å²) in [6.45, 7) is 9.04. The van der Waals surface area contributed by atoms with Gasteiger partial charge in [-0.1, -0.05) is 45.0 Å². The van der Waals surface area contributed by atoms with Crippen molar-refractivity contribution >= 4 is 17.4 Å². The summed E-state index contributed by atoms with van der Waals surface area (Å²) in [6.07, 6.45) is 0.585. The maximum Gasteiger partial charge on any atom is 0.295 e. The third-order valence-corrected chi connectivity index (χ3v) is 6.07. The molecule has 1 N–H and O–H groups in total. The van der Waals surface area contributed by atoms with Crippen molar-refractivity contribution in [2.24, 2.45) is 0 Å². The van der Waals surface area contributed by atoms with Crippen molar-refractivity contribution in [2.45, 2.75) is 45.6 Å². The van der Waals surface area contributed by atoms with Crippen molar-refractivity contribution in [3.05, 3.63) is 70.3 Å². The number of aliphatic hydroxyl groups is 1. The summed E-state index contributed by atoms with van der Waals surface area (Å²) in [5.41, 5.74) is 3.26. The van der Waals surface area contributed by atoms with Crippen molar-refractivity contribution in [1.82, 2.24) is 4.90 Å². The Labute approximate surface area is 195 Å². The normalized spacial score (nSPS) is 18.1. The Kier molecular flexibility index (Phi) is 7.28. The molecule has 1 atom stereocenters. The van der Waals surface area contributed by atoms with Crippen LogP contribution in [-0.4, -0.2) is 49.1 Å². The van der Waals surface area contributed by atoms with Crippen molar-refractivity contribution in [3.63, 3.8) is 0 Å². The molecule has 1 fully saturated rings. The fourth-order valence-corrected chi connectivity index (χ4v) is 4.18. The highest BCUT2D eigenvalue weighted by atomic mass is 16.5. The second-order valence-corrected chi connectivity index (χ2v) is 9.39. The van der Waals surface area contributed by atoms with E-state index in [1.807, 2.05) is 31.2 Å². The first kappa shape index (κ1) is 24.5. The fraction of sp³-hybridized carbons (Fsp3) is 0.407. The molecule has 2 aromatic carbocycles. The van der Waals surface area contributed by atoms with Crippen LogP contribution in [0.5, 0.6) is 5.75 Å². The highest BCUT2D eigenvalue weighted by Crippen LogP contribution is 2.40. The molecule has 0 radical (unpaired) electrons. The monoisotopic (exact) mass is 451 g/mol. The van der Waals surface area contributed by atoms with Crippen LogP contribution in [0.3, 0.4) is 0 Å².